The number of anilines is 3. The second-order valence-electron chi connectivity index (χ2n) is 15.6. The molecule has 10 aromatic carbocycles. The van der Waals surface area contributed by atoms with E-state index in [0.29, 0.717) is 5.89 Å². The zero-order valence-electron chi connectivity index (χ0n) is 32.9. The molecule has 0 radical (unpaired) electrons. The summed E-state index contributed by atoms with van der Waals surface area (Å²) in [6.07, 6.45) is 0. The van der Waals surface area contributed by atoms with E-state index in [0.717, 1.165) is 66.3 Å². The van der Waals surface area contributed by atoms with Crippen LogP contribution in [-0.2, 0) is 0 Å². The Balaban J connectivity index is 1.05. The highest BCUT2D eigenvalue weighted by Gasteiger charge is 2.23. The first-order chi connectivity index (χ1) is 29.7. The number of hydrogen-bond donors (Lipinski definition) is 0. The van der Waals surface area contributed by atoms with Gasteiger partial charge in [-0.15, -0.1) is 0 Å². The molecule has 0 saturated heterocycles. The van der Waals surface area contributed by atoms with E-state index in [1.54, 1.807) is 0 Å². The minimum Gasteiger partial charge on any atom is -0.435 e. The van der Waals surface area contributed by atoms with Crippen molar-refractivity contribution in [2.24, 2.45) is 0 Å². The second-order valence-corrected chi connectivity index (χ2v) is 15.6. The normalized spacial score (nSPS) is 11.8. The summed E-state index contributed by atoms with van der Waals surface area (Å²) in [6.45, 7) is 2.22. The minimum absolute atomic E-state index is 0.626. The number of nitrogens with zero attached hydrogens (tertiary/aromatic N) is 3. The van der Waals surface area contributed by atoms with Gasteiger partial charge in [0.25, 0.3) is 0 Å². The molecular formula is C56H37N3O. The molecule has 0 amide bonds. The minimum atomic E-state index is 0.626. The summed E-state index contributed by atoms with van der Waals surface area (Å²) in [7, 11) is 0. The summed E-state index contributed by atoms with van der Waals surface area (Å²) >= 11 is 0. The molecule has 0 aliphatic heterocycles. The van der Waals surface area contributed by atoms with Crippen molar-refractivity contribution in [2.75, 3.05) is 4.90 Å². The highest BCUT2D eigenvalue weighted by molar-refractivity contribution is 6.18. The molecule has 4 nitrogen and oxygen atoms in total. The van der Waals surface area contributed by atoms with Crippen LogP contribution in [0.5, 0.6) is 0 Å². The van der Waals surface area contributed by atoms with Gasteiger partial charge in [0.1, 0.15) is 5.52 Å². The third-order valence-corrected chi connectivity index (χ3v) is 12.1. The van der Waals surface area contributed by atoms with E-state index in [1.807, 2.05) is 0 Å². The van der Waals surface area contributed by atoms with Crippen LogP contribution >= 0.6 is 0 Å². The van der Waals surface area contributed by atoms with Crippen molar-refractivity contribution in [1.82, 2.24) is 9.55 Å². The first-order valence-corrected chi connectivity index (χ1v) is 20.5. The maximum absolute atomic E-state index is 6.63. The molecule has 0 aliphatic rings. The Morgan fingerprint density at radius 1 is 0.467 bits per heavy atom. The van der Waals surface area contributed by atoms with Gasteiger partial charge in [-0.3, -0.25) is 0 Å². The first kappa shape index (κ1) is 34.1. The van der Waals surface area contributed by atoms with Crippen molar-refractivity contribution in [3.05, 3.63) is 212 Å². The molecular weight excluding hydrogens is 731 g/mol. The highest BCUT2D eigenvalue weighted by Crippen LogP contribution is 2.47. The number of oxazole rings is 1. The van der Waals surface area contributed by atoms with Gasteiger partial charge in [-0.2, -0.15) is 0 Å². The van der Waals surface area contributed by atoms with Gasteiger partial charge in [0.2, 0.25) is 5.89 Å². The highest BCUT2D eigenvalue weighted by atomic mass is 16.3. The van der Waals surface area contributed by atoms with Gasteiger partial charge in [-0.05, 0) is 106 Å². The molecule has 12 rings (SSSR count). The predicted molar refractivity (Wildman–Crippen MR) is 251 cm³/mol. The van der Waals surface area contributed by atoms with E-state index in [-0.39, 0.29) is 0 Å². The third kappa shape index (κ3) is 5.35. The third-order valence-electron chi connectivity index (χ3n) is 12.1. The molecule has 2 aromatic heterocycles. The monoisotopic (exact) mass is 767 g/mol. The van der Waals surface area contributed by atoms with E-state index in [4.69, 9.17) is 9.40 Å². The number of para-hydroxylation sites is 3. The molecule has 0 N–H and O–H groups in total. The summed E-state index contributed by atoms with van der Waals surface area (Å²) in [4.78, 5) is 7.43. The van der Waals surface area contributed by atoms with Crippen LogP contribution in [0.4, 0.5) is 17.1 Å². The summed E-state index contributed by atoms with van der Waals surface area (Å²) in [6, 6.07) is 73.9. The largest absolute Gasteiger partial charge is 0.435 e. The lowest BCUT2D eigenvalue weighted by molar-refractivity contribution is 0.623. The van der Waals surface area contributed by atoms with Crippen LogP contribution < -0.4 is 4.90 Å². The number of fused-ring (bicyclic) bond motifs is 9. The molecule has 60 heavy (non-hydrogen) atoms. The van der Waals surface area contributed by atoms with Crippen LogP contribution in [0.25, 0.3) is 93.5 Å². The number of hydrogen-bond acceptors (Lipinski definition) is 3. The average Bonchev–Trinajstić information content (AvgIpc) is 3.90. The van der Waals surface area contributed by atoms with E-state index < -0.39 is 0 Å². The first-order valence-electron chi connectivity index (χ1n) is 20.5. The van der Waals surface area contributed by atoms with Crippen molar-refractivity contribution < 1.29 is 4.42 Å². The molecule has 0 bridgehead atoms. The molecule has 0 fully saturated rings. The van der Waals surface area contributed by atoms with Crippen LogP contribution in [0, 0.1) is 6.92 Å². The number of aromatic nitrogens is 2. The summed E-state index contributed by atoms with van der Waals surface area (Å²) in [5.74, 6) is 0.626. The molecule has 12 aromatic rings. The van der Waals surface area contributed by atoms with Gasteiger partial charge < -0.3 is 13.9 Å². The molecule has 4 heteroatoms. The van der Waals surface area contributed by atoms with Crippen molar-refractivity contribution in [2.45, 2.75) is 6.92 Å². The second kappa shape index (κ2) is 13.6. The fourth-order valence-electron chi connectivity index (χ4n) is 9.33. The quantitative estimate of drug-likeness (QED) is 0.158. The van der Waals surface area contributed by atoms with E-state index in [2.05, 4.69) is 223 Å². The number of aryl methyl sites for hydroxylation is 1. The van der Waals surface area contributed by atoms with Crippen LogP contribution in [0.3, 0.4) is 0 Å². The number of rotatable bonds is 6. The molecule has 0 unspecified atom stereocenters. The zero-order valence-corrected chi connectivity index (χ0v) is 32.9. The molecule has 0 aliphatic carbocycles. The van der Waals surface area contributed by atoms with Gasteiger partial charge in [0, 0.05) is 44.0 Å². The van der Waals surface area contributed by atoms with Gasteiger partial charge >= 0.3 is 0 Å². The van der Waals surface area contributed by atoms with E-state index in [1.165, 1.54) is 43.9 Å². The summed E-state index contributed by atoms with van der Waals surface area (Å²) < 4.78 is 9.01. The SMILES string of the molecule is Cc1cccc(-c2ccccc2)c1N(c1ccc(-n2c3ccccc3c3ccccc32)cc1)c1cccc2c1ccc1c2ccc2nc(-c3ccc4ccccc4c3)oc21. The molecule has 0 saturated carbocycles. The standard InChI is InChI=1S/C56H37N3O/c1-36-13-11-20-43(38-15-3-2-4-16-38)54(36)59(42-29-27-41(28-30-42)58-51-22-9-7-18-46(51)47-19-8-10-23-52(47)58)53-24-12-21-44-45-33-34-50-55(49(45)32-31-48(44)53)60-56(57-50)40-26-25-37-14-5-6-17-39(37)35-40/h2-35H,1H3. The van der Waals surface area contributed by atoms with Crippen molar-refractivity contribution in [3.8, 4) is 28.3 Å². The van der Waals surface area contributed by atoms with Gasteiger partial charge in [0.15, 0.2) is 5.58 Å². The zero-order chi connectivity index (χ0) is 39.7. The van der Waals surface area contributed by atoms with Crippen molar-refractivity contribution in [1.29, 1.82) is 0 Å². The molecule has 0 spiro atoms. The lowest BCUT2D eigenvalue weighted by Crippen LogP contribution is -2.13. The smallest absolute Gasteiger partial charge is 0.227 e. The maximum atomic E-state index is 6.63. The van der Waals surface area contributed by atoms with Crippen molar-refractivity contribution >= 4 is 82.3 Å². The lowest BCUT2D eigenvalue weighted by atomic mass is 9.96. The Kier molecular flexibility index (Phi) is 7.72. The lowest BCUT2D eigenvalue weighted by Gasteiger charge is -2.31. The van der Waals surface area contributed by atoms with E-state index >= 15 is 0 Å². The number of benzene rings is 10. The molecule has 0 atom stereocenters. The predicted octanol–water partition coefficient (Wildman–Crippen LogP) is 15.5. The Hall–Kier alpha value is -7.95. The molecule has 282 valence electrons. The van der Waals surface area contributed by atoms with Crippen LogP contribution in [0.1, 0.15) is 5.56 Å². The molecule has 2 heterocycles. The van der Waals surface area contributed by atoms with E-state index in [9.17, 15) is 0 Å². The Bertz CT molecular complexity index is 3560. The summed E-state index contributed by atoms with van der Waals surface area (Å²) in [5, 5.41) is 9.32. The van der Waals surface area contributed by atoms with Gasteiger partial charge in [0.05, 0.1) is 22.4 Å². The van der Waals surface area contributed by atoms with Gasteiger partial charge in [-0.25, -0.2) is 4.98 Å². The van der Waals surface area contributed by atoms with Crippen LogP contribution in [-0.4, -0.2) is 9.55 Å². The van der Waals surface area contributed by atoms with Crippen LogP contribution in [0.2, 0.25) is 0 Å². The van der Waals surface area contributed by atoms with Gasteiger partial charge in [-0.1, -0.05) is 140 Å². The summed E-state index contributed by atoms with van der Waals surface area (Å²) in [5.41, 5.74) is 13.0. The fourth-order valence-corrected chi connectivity index (χ4v) is 9.33. The average molecular weight is 768 g/mol. The Morgan fingerprint density at radius 3 is 1.92 bits per heavy atom. The van der Waals surface area contributed by atoms with Crippen LogP contribution in [0.15, 0.2) is 211 Å². The topological polar surface area (TPSA) is 34.2 Å². The fraction of sp³-hybridized carbons (Fsp3) is 0.0179. The maximum Gasteiger partial charge on any atom is 0.227 e. The van der Waals surface area contributed by atoms with Crippen molar-refractivity contribution in [3.63, 3.8) is 0 Å². The Morgan fingerprint density at radius 2 is 1.12 bits per heavy atom. The Labute approximate surface area is 346 Å².